The molecule has 2 aromatic rings. The van der Waals surface area contributed by atoms with Crippen molar-refractivity contribution in [2.24, 2.45) is 11.0 Å². The maximum Gasteiger partial charge on any atom is 0.262 e. The number of hydrogen-bond donors (Lipinski definition) is 2. The summed E-state index contributed by atoms with van der Waals surface area (Å²) in [6.45, 7) is 5.90. The summed E-state index contributed by atoms with van der Waals surface area (Å²) in [4.78, 5) is 24.9. The molecule has 30 heavy (non-hydrogen) atoms. The van der Waals surface area contributed by atoms with Crippen LogP contribution < -0.4 is 20.2 Å². The lowest BCUT2D eigenvalue weighted by molar-refractivity contribution is -0.123. The van der Waals surface area contributed by atoms with Crippen LogP contribution in [0.2, 0.25) is 0 Å². The number of nitrogens with one attached hydrogen (secondary N) is 2. The number of methoxy groups -OCH3 is 1. The lowest BCUT2D eigenvalue weighted by Crippen LogP contribution is -2.48. The Morgan fingerprint density at radius 1 is 1.17 bits per heavy atom. The van der Waals surface area contributed by atoms with Crippen molar-refractivity contribution in [2.45, 2.75) is 26.8 Å². The fourth-order valence-electron chi connectivity index (χ4n) is 2.69. The summed E-state index contributed by atoms with van der Waals surface area (Å²) in [5.41, 5.74) is 3.34. The number of carbonyl (C=O) groups excluding carboxylic acids is 2. The van der Waals surface area contributed by atoms with E-state index < -0.39 is 23.7 Å². The summed E-state index contributed by atoms with van der Waals surface area (Å²) >= 11 is 0. The van der Waals surface area contributed by atoms with Gasteiger partial charge < -0.3 is 14.8 Å². The number of carbonyl (C=O) groups is 2. The average molecular weight is 415 g/mol. The number of nitrogens with zero attached hydrogens (tertiary/aromatic N) is 1. The van der Waals surface area contributed by atoms with Crippen molar-refractivity contribution < 1.29 is 23.5 Å². The molecule has 1 unspecified atom stereocenters. The SMILES string of the molecule is CCOc1c(/C=N/NC(=O)C(NC(=O)c2ccc(F)cc2)C(C)C)cccc1OC. The van der Waals surface area contributed by atoms with Gasteiger partial charge in [-0.05, 0) is 49.2 Å². The number of benzene rings is 2. The van der Waals surface area contributed by atoms with E-state index in [1.165, 1.54) is 37.6 Å². The van der Waals surface area contributed by atoms with Crippen LogP contribution in [-0.4, -0.2) is 37.8 Å². The van der Waals surface area contributed by atoms with Gasteiger partial charge in [0.05, 0.1) is 19.9 Å². The van der Waals surface area contributed by atoms with Crippen LogP contribution in [0.5, 0.6) is 11.5 Å². The Morgan fingerprint density at radius 2 is 1.87 bits per heavy atom. The van der Waals surface area contributed by atoms with Crippen molar-refractivity contribution in [3.8, 4) is 11.5 Å². The van der Waals surface area contributed by atoms with Crippen molar-refractivity contribution in [3.05, 3.63) is 59.4 Å². The topological polar surface area (TPSA) is 89.0 Å². The first kappa shape index (κ1) is 22.9. The lowest BCUT2D eigenvalue weighted by atomic mass is 10.0. The van der Waals surface area contributed by atoms with Crippen molar-refractivity contribution >= 4 is 18.0 Å². The molecule has 0 radical (unpaired) electrons. The third-order valence-corrected chi connectivity index (χ3v) is 4.24. The average Bonchev–Trinajstić information content (AvgIpc) is 2.73. The molecular formula is C22H26FN3O4. The van der Waals surface area contributed by atoms with Crippen LogP contribution in [-0.2, 0) is 4.79 Å². The summed E-state index contributed by atoms with van der Waals surface area (Å²) in [5.74, 6) is -0.510. The standard InChI is InChI=1S/C22H26FN3O4/c1-5-30-20-16(7-6-8-18(20)29-4)13-24-26-22(28)19(14(2)3)25-21(27)15-9-11-17(23)12-10-15/h6-14,19H,5H2,1-4H3,(H,25,27)(H,26,28)/b24-13+. The van der Waals surface area contributed by atoms with E-state index in [-0.39, 0.29) is 11.5 Å². The number of hydrogen-bond acceptors (Lipinski definition) is 5. The highest BCUT2D eigenvalue weighted by molar-refractivity contribution is 5.97. The maximum absolute atomic E-state index is 13.0. The number of rotatable bonds is 9. The minimum Gasteiger partial charge on any atom is -0.493 e. The molecule has 2 aromatic carbocycles. The number of para-hydroxylation sites is 1. The fraction of sp³-hybridized carbons (Fsp3) is 0.318. The predicted octanol–water partition coefficient (Wildman–Crippen LogP) is 3.14. The van der Waals surface area contributed by atoms with Gasteiger partial charge in [-0.3, -0.25) is 9.59 Å². The number of ether oxygens (including phenoxy) is 2. The molecule has 1 atom stereocenters. The van der Waals surface area contributed by atoms with Crippen molar-refractivity contribution in [3.63, 3.8) is 0 Å². The van der Waals surface area contributed by atoms with Gasteiger partial charge in [0, 0.05) is 11.1 Å². The lowest BCUT2D eigenvalue weighted by Gasteiger charge is -2.20. The molecule has 0 saturated carbocycles. The Balaban J connectivity index is 2.08. The van der Waals surface area contributed by atoms with E-state index in [1.54, 1.807) is 32.0 Å². The summed E-state index contributed by atoms with van der Waals surface area (Å²) in [5, 5.41) is 6.65. The summed E-state index contributed by atoms with van der Waals surface area (Å²) in [6.07, 6.45) is 1.45. The molecule has 0 aliphatic heterocycles. The molecule has 0 bridgehead atoms. The van der Waals surface area contributed by atoms with E-state index in [9.17, 15) is 14.0 Å². The van der Waals surface area contributed by atoms with Crippen LogP contribution in [0, 0.1) is 11.7 Å². The second-order valence-corrected chi connectivity index (χ2v) is 6.75. The Bertz CT molecular complexity index is 898. The van der Waals surface area contributed by atoms with Gasteiger partial charge in [-0.25, -0.2) is 9.82 Å². The Kier molecular flexibility index (Phi) is 8.34. The predicted molar refractivity (Wildman–Crippen MR) is 112 cm³/mol. The second kappa shape index (κ2) is 10.9. The van der Waals surface area contributed by atoms with Crippen molar-refractivity contribution in [1.29, 1.82) is 0 Å². The first-order valence-electron chi connectivity index (χ1n) is 9.56. The molecule has 0 fully saturated rings. The first-order valence-corrected chi connectivity index (χ1v) is 9.56. The monoisotopic (exact) mass is 415 g/mol. The highest BCUT2D eigenvalue weighted by Gasteiger charge is 2.24. The quantitative estimate of drug-likeness (QED) is 0.486. The van der Waals surface area contributed by atoms with E-state index in [0.717, 1.165) is 0 Å². The van der Waals surface area contributed by atoms with Gasteiger partial charge in [0.25, 0.3) is 11.8 Å². The molecule has 2 amide bonds. The largest absolute Gasteiger partial charge is 0.493 e. The van der Waals surface area contributed by atoms with Crippen LogP contribution in [0.25, 0.3) is 0 Å². The van der Waals surface area contributed by atoms with Gasteiger partial charge in [-0.1, -0.05) is 19.9 Å². The molecule has 0 aliphatic carbocycles. The molecule has 0 aliphatic rings. The molecule has 0 spiro atoms. The fourth-order valence-corrected chi connectivity index (χ4v) is 2.69. The zero-order valence-electron chi connectivity index (χ0n) is 17.4. The smallest absolute Gasteiger partial charge is 0.262 e. The molecule has 0 saturated heterocycles. The molecule has 0 aromatic heterocycles. The van der Waals surface area contributed by atoms with E-state index in [2.05, 4.69) is 15.8 Å². The van der Waals surface area contributed by atoms with Gasteiger partial charge in [0.2, 0.25) is 0 Å². The van der Waals surface area contributed by atoms with Crippen LogP contribution >= 0.6 is 0 Å². The Morgan fingerprint density at radius 3 is 2.47 bits per heavy atom. The molecule has 160 valence electrons. The van der Waals surface area contributed by atoms with E-state index >= 15 is 0 Å². The molecule has 7 nitrogen and oxygen atoms in total. The Labute approximate surface area is 175 Å². The number of halogens is 1. The zero-order chi connectivity index (χ0) is 22.1. The minimum atomic E-state index is -0.823. The summed E-state index contributed by atoms with van der Waals surface area (Å²) < 4.78 is 23.9. The molecular weight excluding hydrogens is 389 g/mol. The highest BCUT2D eigenvalue weighted by atomic mass is 19.1. The molecule has 0 heterocycles. The van der Waals surface area contributed by atoms with Crippen molar-refractivity contribution in [1.82, 2.24) is 10.7 Å². The summed E-state index contributed by atoms with van der Waals surface area (Å²) in [7, 11) is 1.54. The third kappa shape index (κ3) is 6.04. The van der Waals surface area contributed by atoms with Crippen LogP contribution in [0.4, 0.5) is 4.39 Å². The molecule has 2 rings (SSSR count). The van der Waals surface area contributed by atoms with Gasteiger partial charge in [-0.15, -0.1) is 0 Å². The molecule has 2 N–H and O–H groups in total. The normalized spacial score (nSPS) is 11.9. The van der Waals surface area contributed by atoms with E-state index in [1.807, 2.05) is 6.92 Å². The van der Waals surface area contributed by atoms with E-state index in [0.29, 0.717) is 23.7 Å². The van der Waals surface area contributed by atoms with Gasteiger partial charge in [0.1, 0.15) is 11.9 Å². The zero-order valence-corrected chi connectivity index (χ0v) is 17.4. The van der Waals surface area contributed by atoms with Crippen LogP contribution in [0.1, 0.15) is 36.7 Å². The number of hydrazone groups is 1. The minimum absolute atomic E-state index is 0.194. The van der Waals surface area contributed by atoms with Crippen molar-refractivity contribution in [2.75, 3.05) is 13.7 Å². The third-order valence-electron chi connectivity index (χ3n) is 4.24. The summed E-state index contributed by atoms with van der Waals surface area (Å²) in [6, 6.07) is 9.59. The Hall–Kier alpha value is -3.42. The van der Waals surface area contributed by atoms with Gasteiger partial charge in [0.15, 0.2) is 11.5 Å². The first-order chi connectivity index (χ1) is 14.4. The maximum atomic E-state index is 13.0. The van der Waals surface area contributed by atoms with E-state index in [4.69, 9.17) is 9.47 Å². The van der Waals surface area contributed by atoms with Crippen LogP contribution in [0.15, 0.2) is 47.6 Å². The second-order valence-electron chi connectivity index (χ2n) is 6.75. The van der Waals surface area contributed by atoms with Crippen LogP contribution in [0.3, 0.4) is 0 Å². The van der Waals surface area contributed by atoms with Gasteiger partial charge >= 0.3 is 0 Å². The van der Waals surface area contributed by atoms with Gasteiger partial charge in [-0.2, -0.15) is 5.10 Å². The highest BCUT2D eigenvalue weighted by Crippen LogP contribution is 2.29. The number of amides is 2. The molecule has 8 heteroatoms.